The number of esters is 1. The Hall–Kier alpha value is -0.830. The van der Waals surface area contributed by atoms with E-state index in [0.29, 0.717) is 0 Å². The van der Waals surface area contributed by atoms with Gasteiger partial charge in [-0.2, -0.15) is 0 Å². The van der Waals surface area contributed by atoms with Gasteiger partial charge in [0.2, 0.25) is 0 Å². The van der Waals surface area contributed by atoms with Crippen LogP contribution in [0.15, 0.2) is 11.6 Å². The molecule has 98 valence electrons. The highest BCUT2D eigenvalue weighted by atomic mass is 16.6. The van der Waals surface area contributed by atoms with Crippen LogP contribution in [0.2, 0.25) is 0 Å². The van der Waals surface area contributed by atoms with Crippen LogP contribution < -0.4 is 5.32 Å². The van der Waals surface area contributed by atoms with Crippen molar-refractivity contribution in [2.75, 3.05) is 6.54 Å². The first-order valence-corrected chi connectivity index (χ1v) is 6.52. The summed E-state index contributed by atoms with van der Waals surface area (Å²) in [6, 6.07) is -0.226. The topological polar surface area (TPSA) is 38.3 Å². The van der Waals surface area contributed by atoms with Crippen molar-refractivity contribution in [2.45, 2.75) is 65.0 Å². The van der Waals surface area contributed by atoms with Crippen LogP contribution in [-0.4, -0.2) is 24.2 Å². The summed E-state index contributed by atoms with van der Waals surface area (Å²) in [6.07, 6.45) is 7.10. The third-order valence-corrected chi connectivity index (χ3v) is 2.79. The number of hydrogen-bond donors (Lipinski definition) is 1. The van der Waals surface area contributed by atoms with Crippen LogP contribution in [0.1, 0.15) is 53.4 Å². The van der Waals surface area contributed by atoms with E-state index in [1.165, 1.54) is 24.8 Å². The Morgan fingerprint density at radius 3 is 2.76 bits per heavy atom. The summed E-state index contributed by atoms with van der Waals surface area (Å²) in [5.41, 5.74) is 1.12. The van der Waals surface area contributed by atoms with Crippen molar-refractivity contribution in [1.29, 1.82) is 0 Å². The van der Waals surface area contributed by atoms with Gasteiger partial charge in [-0.3, -0.25) is 4.79 Å². The molecule has 1 atom stereocenters. The lowest BCUT2D eigenvalue weighted by atomic mass is 10.1. The van der Waals surface area contributed by atoms with Gasteiger partial charge >= 0.3 is 5.97 Å². The molecule has 0 bridgehead atoms. The maximum Gasteiger partial charge on any atom is 0.323 e. The molecule has 0 fully saturated rings. The number of hydrogen-bond acceptors (Lipinski definition) is 3. The molecule has 3 nitrogen and oxygen atoms in total. The fraction of sp³-hybridized carbons (Fsp3) is 0.786. The summed E-state index contributed by atoms with van der Waals surface area (Å²) in [6.45, 7) is 8.38. The highest BCUT2D eigenvalue weighted by Crippen LogP contribution is 2.19. The number of carbonyl (C=O) groups excluding carboxylic acids is 1. The molecule has 1 aliphatic rings. The largest absolute Gasteiger partial charge is 0.459 e. The smallest absolute Gasteiger partial charge is 0.323 e. The molecular formula is C14H25NO2. The molecule has 1 rings (SSSR count). The van der Waals surface area contributed by atoms with Crippen LogP contribution in [0.3, 0.4) is 0 Å². The molecule has 1 unspecified atom stereocenters. The third-order valence-electron chi connectivity index (χ3n) is 2.79. The van der Waals surface area contributed by atoms with Gasteiger partial charge in [0.15, 0.2) is 0 Å². The SMILES string of the molecule is CC(NCCC1=CCCC1)C(=O)OC(C)(C)C. The zero-order valence-corrected chi connectivity index (χ0v) is 11.5. The second-order valence-corrected chi connectivity index (χ2v) is 5.71. The van der Waals surface area contributed by atoms with Crippen LogP contribution in [0.25, 0.3) is 0 Å². The van der Waals surface area contributed by atoms with Crippen LogP contribution >= 0.6 is 0 Å². The predicted octanol–water partition coefficient (Wildman–Crippen LogP) is 2.81. The quantitative estimate of drug-likeness (QED) is 0.592. The minimum absolute atomic E-state index is 0.169. The lowest BCUT2D eigenvalue weighted by molar-refractivity contribution is -0.156. The molecule has 3 heteroatoms. The summed E-state index contributed by atoms with van der Waals surface area (Å²) in [7, 11) is 0. The first-order chi connectivity index (χ1) is 7.88. The van der Waals surface area contributed by atoms with Crippen LogP contribution in [0.4, 0.5) is 0 Å². The third kappa shape index (κ3) is 5.87. The average molecular weight is 239 g/mol. The van der Waals surface area contributed by atoms with Gasteiger partial charge in [0.05, 0.1) is 0 Å². The van der Waals surface area contributed by atoms with E-state index in [1.807, 2.05) is 27.7 Å². The molecule has 0 saturated heterocycles. The van der Waals surface area contributed by atoms with E-state index in [9.17, 15) is 4.79 Å². The fourth-order valence-electron chi connectivity index (χ4n) is 1.89. The number of allylic oxidation sites excluding steroid dienone is 1. The second-order valence-electron chi connectivity index (χ2n) is 5.71. The van der Waals surface area contributed by atoms with Gasteiger partial charge in [-0.15, -0.1) is 0 Å². The monoisotopic (exact) mass is 239 g/mol. The maximum atomic E-state index is 11.7. The molecule has 1 aliphatic carbocycles. The van der Waals surface area contributed by atoms with Crippen molar-refractivity contribution in [3.05, 3.63) is 11.6 Å². The van der Waals surface area contributed by atoms with E-state index >= 15 is 0 Å². The van der Waals surface area contributed by atoms with Crippen molar-refractivity contribution in [3.8, 4) is 0 Å². The Labute approximate surface area is 105 Å². The molecule has 0 aliphatic heterocycles. The molecule has 1 N–H and O–H groups in total. The van der Waals surface area contributed by atoms with Crippen LogP contribution in [0.5, 0.6) is 0 Å². The van der Waals surface area contributed by atoms with Gasteiger partial charge in [-0.25, -0.2) is 0 Å². The van der Waals surface area contributed by atoms with E-state index in [1.54, 1.807) is 0 Å². The van der Waals surface area contributed by atoms with Crippen molar-refractivity contribution in [2.24, 2.45) is 0 Å². The Morgan fingerprint density at radius 2 is 2.24 bits per heavy atom. The molecule has 0 aromatic heterocycles. The number of ether oxygens (including phenoxy) is 1. The minimum Gasteiger partial charge on any atom is -0.459 e. The second kappa shape index (κ2) is 6.20. The van der Waals surface area contributed by atoms with E-state index in [2.05, 4.69) is 11.4 Å². The maximum absolute atomic E-state index is 11.7. The van der Waals surface area contributed by atoms with Crippen molar-refractivity contribution < 1.29 is 9.53 Å². The zero-order chi connectivity index (χ0) is 12.9. The number of carbonyl (C=O) groups is 1. The lowest BCUT2D eigenvalue weighted by Gasteiger charge is -2.22. The molecule has 17 heavy (non-hydrogen) atoms. The summed E-state index contributed by atoms with van der Waals surface area (Å²) < 4.78 is 5.31. The van der Waals surface area contributed by atoms with Gasteiger partial charge in [0.25, 0.3) is 0 Å². The fourth-order valence-corrected chi connectivity index (χ4v) is 1.89. The molecule has 0 aromatic rings. The normalized spacial score (nSPS) is 17.8. The Kier molecular flexibility index (Phi) is 5.19. The van der Waals surface area contributed by atoms with Crippen LogP contribution in [0, 0.1) is 0 Å². The van der Waals surface area contributed by atoms with E-state index in [4.69, 9.17) is 4.74 Å². The Bertz CT molecular complexity index is 289. The first-order valence-electron chi connectivity index (χ1n) is 6.52. The predicted molar refractivity (Wildman–Crippen MR) is 69.9 cm³/mol. The highest BCUT2D eigenvalue weighted by molar-refractivity contribution is 5.75. The Balaban J connectivity index is 2.19. The standard InChI is InChI=1S/C14H25NO2/c1-11(13(16)17-14(2,3)4)15-10-9-12-7-5-6-8-12/h7,11,15H,5-6,8-10H2,1-4H3. The summed E-state index contributed by atoms with van der Waals surface area (Å²) in [5, 5.41) is 3.22. The van der Waals surface area contributed by atoms with E-state index in [-0.39, 0.29) is 12.0 Å². The van der Waals surface area contributed by atoms with Gasteiger partial charge in [0, 0.05) is 0 Å². The van der Waals surface area contributed by atoms with Gasteiger partial charge in [0.1, 0.15) is 11.6 Å². The summed E-state index contributed by atoms with van der Waals surface area (Å²) >= 11 is 0. The van der Waals surface area contributed by atoms with Gasteiger partial charge in [-0.1, -0.05) is 11.6 Å². The van der Waals surface area contributed by atoms with Gasteiger partial charge in [-0.05, 0) is 59.9 Å². The highest BCUT2D eigenvalue weighted by Gasteiger charge is 2.21. The summed E-state index contributed by atoms with van der Waals surface area (Å²) in [4.78, 5) is 11.7. The molecule has 0 saturated carbocycles. The van der Waals surface area contributed by atoms with Crippen molar-refractivity contribution in [1.82, 2.24) is 5.32 Å². The molecule has 0 aromatic carbocycles. The lowest BCUT2D eigenvalue weighted by Crippen LogP contribution is -2.39. The molecule has 0 amide bonds. The molecular weight excluding hydrogens is 214 g/mol. The number of nitrogens with one attached hydrogen (secondary N) is 1. The minimum atomic E-state index is -0.402. The average Bonchev–Trinajstić information content (AvgIpc) is 2.67. The van der Waals surface area contributed by atoms with Crippen molar-refractivity contribution >= 4 is 5.97 Å². The van der Waals surface area contributed by atoms with E-state index in [0.717, 1.165) is 13.0 Å². The van der Waals surface area contributed by atoms with Crippen LogP contribution in [-0.2, 0) is 9.53 Å². The van der Waals surface area contributed by atoms with Crippen molar-refractivity contribution in [3.63, 3.8) is 0 Å². The number of rotatable bonds is 5. The first kappa shape index (κ1) is 14.2. The molecule has 0 radical (unpaired) electrons. The molecule has 0 heterocycles. The van der Waals surface area contributed by atoms with Gasteiger partial charge < -0.3 is 10.1 Å². The molecule has 0 spiro atoms. The zero-order valence-electron chi connectivity index (χ0n) is 11.5. The summed E-state index contributed by atoms with van der Waals surface area (Å²) in [5.74, 6) is -0.169. The van der Waals surface area contributed by atoms with E-state index < -0.39 is 5.60 Å². The Morgan fingerprint density at radius 1 is 1.53 bits per heavy atom.